The van der Waals surface area contributed by atoms with Crippen LogP contribution in [0.15, 0.2) is 15.2 Å². The fourth-order valence-corrected chi connectivity index (χ4v) is 4.54. The summed E-state index contributed by atoms with van der Waals surface area (Å²) >= 11 is 7.28. The Bertz CT molecular complexity index is 281. The highest BCUT2D eigenvalue weighted by molar-refractivity contribution is 9.10. The summed E-state index contributed by atoms with van der Waals surface area (Å²) in [6, 6.07) is 0.232. The van der Waals surface area contributed by atoms with E-state index in [4.69, 9.17) is 5.73 Å². The van der Waals surface area contributed by atoms with E-state index in [9.17, 15) is 0 Å². The second kappa shape index (κ2) is 4.34. The van der Waals surface area contributed by atoms with E-state index in [1.54, 1.807) is 11.3 Å². The molecule has 1 saturated heterocycles. The number of thiophene rings is 1. The van der Waals surface area contributed by atoms with Crippen LogP contribution in [-0.2, 0) is 0 Å². The number of halogens is 1. The summed E-state index contributed by atoms with van der Waals surface area (Å²) in [5.41, 5.74) is 7.50. The van der Waals surface area contributed by atoms with E-state index in [1.807, 2.05) is 11.8 Å². The van der Waals surface area contributed by atoms with Crippen molar-refractivity contribution in [2.75, 3.05) is 11.5 Å². The third kappa shape index (κ3) is 2.12. The van der Waals surface area contributed by atoms with Gasteiger partial charge in [0, 0.05) is 15.9 Å². The Labute approximate surface area is 95.2 Å². The largest absolute Gasteiger partial charge is 0.324 e. The van der Waals surface area contributed by atoms with Crippen LogP contribution in [0.5, 0.6) is 0 Å². The molecule has 1 aromatic rings. The summed E-state index contributed by atoms with van der Waals surface area (Å²) in [4.78, 5) is 0. The average molecular weight is 278 g/mol. The van der Waals surface area contributed by atoms with Gasteiger partial charge >= 0.3 is 0 Å². The first kappa shape index (κ1) is 10.0. The first-order chi connectivity index (χ1) is 6.29. The molecule has 0 bridgehead atoms. The molecule has 1 fully saturated rings. The van der Waals surface area contributed by atoms with E-state index in [2.05, 4.69) is 26.7 Å². The molecule has 13 heavy (non-hydrogen) atoms. The minimum atomic E-state index is 0.232. The van der Waals surface area contributed by atoms with Crippen LogP contribution in [0.25, 0.3) is 0 Å². The monoisotopic (exact) mass is 277 g/mol. The predicted molar refractivity (Wildman–Crippen MR) is 64.4 cm³/mol. The molecule has 1 aliphatic rings. The average Bonchev–Trinajstić information content (AvgIpc) is 2.72. The SMILES string of the molecule is NC(c1cscc1Br)C1CCSC1. The van der Waals surface area contributed by atoms with Gasteiger partial charge in [0.1, 0.15) is 0 Å². The van der Waals surface area contributed by atoms with Gasteiger partial charge in [-0.05, 0) is 50.7 Å². The Balaban J connectivity index is 2.12. The van der Waals surface area contributed by atoms with Gasteiger partial charge < -0.3 is 5.73 Å². The molecule has 0 amide bonds. The van der Waals surface area contributed by atoms with Crippen molar-refractivity contribution in [1.82, 2.24) is 0 Å². The molecular formula is C9H12BrNS2. The minimum absolute atomic E-state index is 0.232. The fraction of sp³-hybridized carbons (Fsp3) is 0.556. The molecule has 0 radical (unpaired) electrons. The highest BCUT2D eigenvalue weighted by atomic mass is 79.9. The number of hydrogen-bond acceptors (Lipinski definition) is 3. The van der Waals surface area contributed by atoms with E-state index < -0.39 is 0 Å². The standard InChI is InChI=1S/C9H12BrNS2/c10-8-5-13-4-7(8)9(11)6-1-2-12-3-6/h4-6,9H,1-3,11H2. The minimum Gasteiger partial charge on any atom is -0.324 e. The second-order valence-electron chi connectivity index (χ2n) is 3.32. The third-order valence-corrected chi connectivity index (χ3v) is 5.41. The zero-order valence-electron chi connectivity index (χ0n) is 7.20. The lowest BCUT2D eigenvalue weighted by Gasteiger charge is -2.17. The Kier molecular flexibility index (Phi) is 3.35. The van der Waals surface area contributed by atoms with E-state index in [-0.39, 0.29) is 6.04 Å². The van der Waals surface area contributed by atoms with Gasteiger partial charge in [-0.25, -0.2) is 0 Å². The van der Waals surface area contributed by atoms with Gasteiger partial charge in [-0.3, -0.25) is 0 Å². The fourth-order valence-electron chi connectivity index (χ4n) is 1.62. The molecule has 2 N–H and O–H groups in total. The van der Waals surface area contributed by atoms with E-state index in [0.717, 1.165) is 0 Å². The van der Waals surface area contributed by atoms with E-state index in [1.165, 1.54) is 28.0 Å². The van der Waals surface area contributed by atoms with Crippen LogP contribution >= 0.6 is 39.0 Å². The van der Waals surface area contributed by atoms with Crippen molar-refractivity contribution >= 4 is 39.0 Å². The summed E-state index contributed by atoms with van der Waals surface area (Å²) in [7, 11) is 0. The van der Waals surface area contributed by atoms with Gasteiger partial charge in [0.15, 0.2) is 0 Å². The maximum atomic E-state index is 6.21. The normalized spacial score (nSPS) is 24.9. The molecule has 0 aromatic carbocycles. The Morgan fingerprint density at radius 3 is 2.92 bits per heavy atom. The quantitative estimate of drug-likeness (QED) is 0.898. The lowest BCUT2D eigenvalue weighted by molar-refractivity contribution is 0.482. The van der Waals surface area contributed by atoms with Crippen LogP contribution in [0.2, 0.25) is 0 Å². The van der Waals surface area contributed by atoms with Gasteiger partial charge in [-0.2, -0.15) is 23.1 Å². The van der Waals surface area contributed by atoms with Crippen molar-refractivity contribution in [3.8, 4) is 0 Å². The molecule has 72 valence electrons. The van der Waals surface area contributed by atoms with Crippen LogP contribution < -0.4 is 5.73 Å². The first-order valence-corrected chi connectivity index (χ1v) is 7.23. The first-order valence-electron chi connectivity index (χ1n) is 4.34. The van der Waals surface area contributed by atoms with E-state index >= 15 is 0 Å². The lowest BCUT2D eigenvalue weighted by Crippen LogP contribution is -2.20. The van der Waals surface area contributed by atoms with Gasteiger partial charge in [0.2, 0.25) is 0 Å². The number of hydrogen-bond donors (Lipinski definition) is 1. The van der Waals surface area contributed by atoms with Crippen LogP contribution in [0.3, 0.4) is 0 Å². The van der Waals surface area contributed by atoms with Gasteiger partial charge in [-0.1, -0.05) is 0 Å². The third-order valence-electron chi connectivity index (χ3n) is 2.47. The molecule has 0 saturated carbocycles. The summed E-state index contributed by atoms with van der Waals surface area (Å²) in [5.74, 6) is 3.18. The topological polar surface area (TPSA) is 26.0 Å². The molecule has 2 unspecified atom stereocenters. The van der Waals surface area contributed by atoms with Crippen molar-refractivity contribution in [1.29, 1.82) is 0 Å². The summed E-state index contributed by atoms with van der Waals surface area (Å²) < 4.78 is 1.18. The molecule has 2 heterocycles. The van der Waals surface area contributed by atoms with Crippen LogP contribution in [0.4, 0.5) is 0 Å². The Morgan fingerprint density at radius 1 is 1.54 bits per heavy atom. The molecule has 1 aliphatic heterocycles. The Hall–Kier alpha value is 0.490. The highest BCUT2D eigenvalue weighted by Crippen LogP contribution is 2.36. The van der Waals surface area contributed by atoms with Gasteiger partial charge in [0.25, 0.3) is 0 Å². The van der Waals surface area contributed by atoms with E-state index in [0.29, 0.717) is 5.92 Å². The van der Waals surface area contributed by atoms with Crippen molar-refractivity contribution in [3.63, 3.8) is 0 Å². The zero-order chi connectivity index (χ0) is 9.26. The maximum Gasteiger partial charge on any atom is 0.0351 e. The zero-order valence-corrected chi connectivity index (χ0v) is 10.4. The van der Waals surface area contributed by atoms with Gasteiger partial charge in [-0.15, -0.1) is 0 Å². The smallest absolute Gasteiger partial charge is 0.0351 e. The van der Waals surface area contributed by atoms with Crippen LogP contribution in [-0.4, -0.2) is 11.5 Å². The molecule has 0 aliphatic carbocycles. The highest BCUT2D eigenvalue weighted by Gasteiger charge is 2.25. The molecule has 2 atom stereocenters. The number of rotatable bonds is 2. The second-order valence-corrected chi connectivity index (χ2v) is 6.07. The van der Waals surface area contributed by atoms with Gasteiger partial charge in [0.05, 0.1) is 0 Å². The lowest BCUT2D eigenvalue weighted by atomic mass is 9.95. The number of thioether (sulfide) groups is 1. The molecule has 1 aromatic heterocycles. The van der Waals surface area contributed by atoms with Crippen molar-refractivity contribution in [2.45, 2.75) is 12.5 Å². The summed E-state index contributed by atoms with van der Waals surface area (Å²) in [6.45, 7) is 0. The van der Waals surface area contributed by atoms with Crippen LogP contribution in [0.1, 0.15) is 18.0 Å². The molecule has 0 spiro atoms. The molecule has 2 rings (SSSR count). The molecule has 1 nitrogen and oxygen atoms in total. The molecule has 4 heteroatoms. The van der Waals surface area contributed by atoms with Crippen LogP contribution in [0, 0.1) is 5.92 Å². The summed E-state index contributed by atoms with van der Waals surface area (Å²) in [6.07, 6.45) is 1.27. The van der Waals surface area contributed by atoms with Crippen molar-refractivity contribution < 1.29 is 0 Å². The van der Waals surface area contributed by atoms with Crippen molar-refractivity contribution in [3.05, 3.63) is 20.8 Å². The number of nitrogens with two attached hydrogens (primary N) is 1. The predicted octanol–water partition coefficient (Wildman–Crippen LogP) is 3.26. The van der Waals surface area contributed by atoms with Crippen molar-refractivity contribution in [2.24, 2.45) is 11.7 Å². The molecular weight excluding hydrogens is 266 g/mol. The maximum absolute atomic E-state index is 6.21. The summed E-state index contributed by atoms with van der Waals surface area (Å²) in [5, 5.41) is 4.27. The Morgan fingerprint density at radius 2 is 2.38 bits per heavy atom.